The van der Waals surface area contributed by atoms with Gasteiger partial charge in [0, 0.05) is 6.08 Å². The first-order valence-corrected chi connectivity index (χ1v) is 3.24. The van der Waals surface area contributed by atoms with Crippen LogP contribution < -0.4 is 5.43 Å². The third-order valence-electron chi connectivity index (χ3n) is 1.02. The lowest BCUT2D eigenvalue weighted by molar-refractivity contribution is -0.164. The molecule has 0 bridgehead atoms. The molecule has 0 amide bonds. The smallest absolute Gasteiger partial charge is 0.238 e. The Morgan fingerprint density at radius 3 is 2.91 bits per heavy atom. The molecule has 0 fully saturated rings. The zero-order chi connectivity index (χ0) is 8.27. The highest BCUT2D eigenvalue weighted by atomic mass is 35.5. The van der Waals surface area contributed by atoms with Gasteiger partial charge in [0.25, 0.3) is 0 Å². The first kappa shape index (κ1) is 8.16. The number of rotatable bonds is 1. The normalized spacial score (nSPS) is 16.8. The Balaban J connectivity index is 2.69. The van der Waals surface area contributed by atoms with Gasteiger partial charge in [-0.05, 0) is 0 Å². The van der Waals surface area contributed by atoms with Crippen molar-refractivity contribution in [2.24, 2.45) is 5.10 Å². The van der Waals surface area contributed by atoms with Crippen LogP contribution >= 0.6 is 11.6 Å². The molecule has 0 aromatic rings. The highest BCUT2D eigenvalue weighted by molar-refractivity contribution is 6.30. The predicted octanol–water partition coefficient (Wildman–Crippen LogP) is 0.408. The van der Waals surface area contributed by atoms with Gasteiger partial charge in [0.05, 0.1) is 14.2 Å². The number of hydrogen-bond acceptors (Lipinski definition) is 5. The van der Waals surface area contributed by atoms with Crippen LogP contribution in [0.15, 0.2) is 16.3 Å². The fourth-order valence-electron chi connectivity index (χ4n) is 0.562. The van der Waals surface area contributed by atoms with Crippen molar-refractivity contribution in [3.63, 3.8) is 0 Å². The van der Waals surface area contributed by atoms with Gasteiger partial charge in [-0.1, -0.05) is 22.0 Å². The second-order valence-corrected chi connectivity index (χ2v) is 2.11. The Bertz CT molecular complexity index is 204. The molecule has 1 rings (SSSR count). The van der Waals surface area contributed by atoms with Crippen LogP contribution in [0.4, 0.5) is 0 Å². The molecule has 0 aliphatic carbocycles. The van der Waals surface area contributed by atoms with Crippen molar-refractivity contribution in [3.8, 4) is 0 Å². The molecule has 1 aliphatic rings. The van der Waals surface area contributed by atoms with Gasteiger partial charge in [0.15, 0.2) is 0 Å². The number of nitrogens with zero attached hydrogens (tertiary/aromatic N) is 2. The van der Waals surface area contributed by atoms with Crippen molar-refractivity contribution in [3.05, 3.63) is 11.2 Å². The van der Waals surface area contributed by atoms with Gasteiger partial charge in [-0.3, -0.25) is 0 Å². The summed E-state index contributed by atoms with van der Waals surface area (Å²) in [4.78, 5) is 4.72. The molecular weight excluding hydrogens is 170 g/mol. The summed E-state index contributed by atoms with van der Waals surface area (Å²) in [5, 5.41) is 5.29. The van der Waals surface area contributed by atoms with Crippen LogP contribution in [0.2, 0.25) is 0 Å². The predicted molar refractivity (Wildman–Crippen MR) is 40.4 cm³/mol. The number of ether oxygens (including phenoxy) is 1. The molecule has 0 saturated carbocycles. The molecule has 6 heteroatoms. The summed E-state index contributed by atoms with van der Waals surface area (Å²) < 4.78 is 4.82. The zero-order valence-electron chi connectivity index (χ0n) is 6.17. The standard InChI is InChI=1S/C5H8ClN3O2/c1-10-5-3-4(6)7-9(8-5)11-2/h3,7H,1-2H3. The van der Waals surface area contributed by atoms with Gasteiger partial charge in [-0.15, -0.1) is 0 Å². The maximum absolute atomic E-state index is 5.63. The third-order valence-corrected chi connectivity index (χ3v) is 1.22. The summed E-state index contributed by atoms with van der Waals surface area (Å²) in [5.41, 5.74) is 2.60. The quantitative estimate of drug-likeness (QED) is 0.590. The second kappa shape index (κ2) is 3.45. The van der Waals surface area contributed by atoms with Gasteiger partial charge < -0.3 is 4.74 Å². The fourth-order valence-corrected chi connectivity index (χ4v) is 0.727. The molecule has 1 aliphatic heterocycles. The maximum Gasteiger partial charge on any atom is 0.238 e. The fraction of sp³-hybridized carbons (Fsp3) is 0.400. The summed E-state index contributed by atoms with van der Waals surface area (Å²) in [6, 6.07) is 0. The Kier molecular flexibility index (Phi) is 2.56. The van der Waals surface area contributed by atoms with Crippen LogP contribution in [0.1, 0.15) is 0 Å². The minimum absolute atomic E-state index is 0.385. The van der Waals surface area contributed by atoms with Gasteiger partial charge >= 0.3 is 0 Å². The molecule has 5 nitrogen and oxygen atoms in total. The van der Waals surface area contributed by atoms with Crippen molar-refractivity contribution in [2.75, 3.05) is 14.2 Å². The molecule has 0 saturated heterocycles. The molecule has 0 atom stereocenters. The highest BCUT2D eigenvalue weighted by Gasteiger charge is 2.10. The van der Waals surface area contributed by atoms with Crippen LogP contribution in [0, 0.1) is 0 Å². The molecule has 0 unspecified atom stereocenters. The Morgan fingerprint density at radius 2 is 2.36 bits per heavy atom. The first-order valence-electron chi connectivity index (χ1n) is 2.87. The summed E-state index contributed by atoms with van der Waals surface area (Å²) >= 11 is 5.63. The van der Waals surface area contributed by atoms with Crippen LogP contribution in [0.5, 0.6) is 0 Å². The number of hydrazine groups is 1. The largest absolute Gasteiger partial charge is 0.480 e. The van der Waals surface area contributed by atoms with E-state index >= 15 is 0 Å². The Morgan fingerprint density at radius 1 is 1.64 bits per heavy atom. The lowest BCUT2D eigenvalue weighted by Gasteiger charge is -2.20. The van der Waals surface area contributed by atoms with Crippen molar-refractivity contribution < 1.29 is 9.57 Å². The van der Waals surface area contributed by atoms with E-state index in [2.05, 4.69) is 10.5 Å². The van der Waals surface area contributed by atoms with Crippen molar-refractivity contribution in [1.29, 1.82) is 0 Å². The number of halogens is 1. The Labute approximate surface area is 69.1 Å². The zero-order valence-corrected chi connectivity index (χ0v) is 6.92. The third kappa shape index (κ3) is 1.99. The Hall–Kier alpha value is -0.940. The molecule has 1 heterocycles. The average Bonchev–Trinajstić information content (AvgIpc) is 2.03. The lowest BCUT2D eigenvalue weighted by atomic mass is 10.6. The topological polar surface area (TPSA) is 46.1 Å². The van der Waals surface area contributed by atoms with E-state index in [9.17, 15) is 0 Å². The molecule has 0 aromatic heterocycles. The van der Waals surface area contributed by atoms with E-state index in [1.807, 2.05) is 0 Å². The maximum atomic E-state index is 5.63. The van der Waals surface area contributed by atoms with Crippen LogP contribution in [0.3, 0.4) is 0 Å². The van der Waals surface area contributed by atoms with Crippen LogP contribution in [-0.4, -0.2) is 25.4 Å². The number of methoxy groups -OCH3 is 1. The lowest BCUT2D eigenvalue weighted by Crippen LogP contribution is -2.34. The summed E-state index contributed by atoms with van der Waals surface area (Å²) in [7, 11) is 2.96. The molecule has 1 N–H and O–H groups in total. The monoisotopic (exact) mass is 177 g/mol. The number of hydrazone groups is 1. The molecule has 0 spiro atoms. The molecule has 62 valence electrons. The second-order valence-electron chi connectivity index (χ2n) is 1.70. The van der Waals surface area contributed by atoms with Gasteiger partial charge in [-0.2, -0.15) is 0 Å². The number of hydrogen-bond donors (Lipinski definition) is 1. The van der Waals surface area contributed by atoms with Crippen molar-refractivity contribution in [2.45, 2.75) is 0 Å². The van der Waals surface area contributed by atoms with E-state index in [0.29, 0.717) is 11.1 Å². The molecule has 11 heavy (non-hydrogen) atoms. The van der Waals surface area contributed by atoms with Gasteiger partial charge in [-0.25, -0.2) is 10.3 Å². The van der Waals surface area contributed by atoms with E-state index < -0.39 is 0 Å². The van der Waals surface area contributed by atoms with E-state index in [4.69, 9.17) is 21.2 Å². The minimum Gasteiger partial charge on any atom is -0.480 e. The van der Waals surface area contributed by atoms with E-state index in [0.717, 1.165) is 5.28 Å². The van der Waals surface area contributed by atoms with Crippen LogP contribution in [-0.2, 0) is 9.57 Å². The SMILES string of the molecule is COC1=NN(OC)NC(Cl)=C1. The van der Waals surface area contributed by atoms with Gasteiger partial charge in [0.2, 0.25) is 5.90 Å². The first-order chi connectivity index (χ1) is 5.26. The van der Waals surface area contributed by atoms with E-state index in [1.165, 1.54) is 20.3 Å². The van der Waals surface area contributed by atoms with Crippen molar-refractivity contribution in [1.82, 2.24) is 10.7 Å². The summed E-state index contributed by atoms with van der Waals surface area (Å²) in [5.74, 6) is 0.385. The average molecular weight is 178 g/mol. The van der Waals surface area contributed by atoms with Gasteiger partial charge in [0.1, 0.15) is 5.16 Å². The molecular formula is C5H8ClN3O2. The van der Waals surface area contributed by atoms with E-state index in [-0.39, 0.29) is 0 Å². The molecule has 0 aromatic carbocycles. The minimum atomic E-state index is 0.385. The number of nitrogens with one attached hydrogen (secondary N) is 1. The van der Waals surface area contributed by atoms with Crippen LogP contribution in [0.25, 0.3) is 0 Å². The summed E-state index contributed by atoms with van der Waals surface area (Å²) in [6.45, 7) is 0. The highest BCUT2D eigenvalue weighted by Crippen LogP contribution is 2.05. The summed E-state index contributed by atoms with van der Waals surface area (Å²) in [6.07, 6.45) is 1.54. The van der Waals surface area contributed by atoms with Crippen molar-refractivity contribution >= 4 is 17.5 Å². The molecule has 0 radical (unpaired) electrons. The van der Waals surface area contributed by atoms with E-state index in [1.54, 1.807) is 0 Å².